The normalized spacial score (nSPS) is 11.2. The number of aryl methyl sites for hydroxylation is 2. The molecule has 0 bridgehead atoms. The van der Waals surface area contributed by atoms with Crippen LogP contribution in [-0.4, -0.2) is 40.1 Å². The van der Waals surface area contributed by atoms with Gasteiger partial charge in [-0.3, -0.25) is 4.79 Å². The Hall–Kier alpha value is -4.17. The van der Waals surface area contributed by atoms with Crippen LogP contribution < -0.4 is 14.8 Å². The van der Waals surface area contributed by atoms with Gasteiger partial charge in [0.2, 0.25) is 5.88 Å². The number of sulfone groups is 1. The Balaban J connectivity index is 1.43. The number of carbonyl (C=O) groups is 1. The van der Waals surface area contributed by atoms with Crippen LogP contribution in [0.5, 0.6) is 11.6 Å². The summed E-state index contributed by atoms with van der Waals surface area (Å²) in [4.78, 5) is 16.7. The van der Waals surface area contributed by atoms with E-state index in [9.17, 15) is 13.2 Å². The summed E-state index contributed by atoms with van der Waals surface area (Å²) in [6.07, 6.45) is 2.95. The first kappa shape index (κ1) is 27.9. The highest BCUT2D eigenvalue weighted by molar-refractivity contribution is 7.90. The second-order valence-corrected chi connectivity index (χ2v) is 11.2. The maximum atomic E-state index is 13.5. The number of carbonyl (C=O) groups excluding carboxylic acids is 1. The molecule has 1 heterocycles. The molecule has 202 valence electrons. The largest absolute Gasteiger partial charge is 0.495 e. The van der Waals surface area contributed by atoms with Crippen molar-refractivity contribution in [1.29, 1.82) is 0 Å². The van der Waals surface area contributed by atoms with Gasteiger partial charge in [-0.15, -0.1) is 0 Å². The lowest BCUT2D eigenvalue weighted by molar-refractivity contribution is 0.0949. The molecule has 8 heteroatoms. The Labute approximate surface area is 229 Å². The summed E-state index contributed by atoms with van der Waals surface area (Å²) in [5, 5.41) is 2.88. The molecule has 4 rings (SSSR count). The van der Waals surface area contributed by atoms with Crippen molar-refractivity contribution >= 4 is 15.7 Å². The summed E-state index contributed by atoms with van der Waals surface area (Å²) in [5.74, 6) is 0.210. The number of rotatable bonds is 11. The first-order valence-electron chi connectivity index (χ1n) is 12.6. The quantitative estimate of drug-likeness (QED) is 0.254. The number of ether oxygens (including phenoxy) is 2. The molecule has 3 aromatic carbocycles. The van der Waals surface area contributed by atoms with Crippen molar-refractivity contribution in [2.75, 3.05) is 20.8 Å². The zero-order valence-electron chi connectivity index (χ0n) is 22.3. The van der Waals surface area contributed by atoms with Crippen LogP contribution >= 0.6 is 0 Å². The highest BCUT2D eigenvalue weighted by atomic mass is 32.2. The predicted octanol–water partition coefficient (Wildman–Crippen LogP) is 5.41. The number of nitrogens with one attached hydrogen (secondary N) is 1. The van der Waals surface area contributed by atoms with Crippen molar-refractivity contribution in [2.45, 2.75) is 30.4 Å². The average Bonchev–Trinajstić information content (AvgIpc) is 2.94. The lowest BCUT2D eigenvalue weighted by Gasteiger charge is -2.13. The van der Waals surface area contributed by atoms with Crippen molar-refractivity contribution in [3.8, 4) is 22.8 Å². The third-order valence-electron chi connectivity index (χ3n) is 6.34. The lowest BCUT2D eigenvalue weighted by atomic mass is 10.0. The summed E-state index contributed by atoms with van der Waals surface area (Å²) in [6, 6.07) is 24.1. The predicted molar refractivity (Wildman–Crippen MR) is 152 cm³/mol. The molecule has 0 aliphatic carbocycles. The van der Waals surface area contributed by atoms with E-state index < -0.39 is 9.84 Å². The minimum atomic E-state index is -3.69. The molecule has 39 heavy (non-hydrogen) atoms. The van der Waals surface area contributed by atoms with E-state index >= 15 is 0 Å². The van der Waals surface area contributed by atoms with Gasteiger partial charge in [-0.1, -0.05) is 60.2 Å². The third kappa shape index (κ3) is 7.03. The summed E-state index contributed by atoms with van der Waals surface area (Å²) in [7, 11) is -0.735. The van der Waals surface area contributed by atoms with E-state index in [1.54, 1.807) is 30.5 Å². The van der Waals surface area contributed by atoms with Gasteiger partial charge < -0.3 is 14.8 Å². The molecule has 0 saturated heterocycles. The Bertz CT molecular complexity index is 1570. The monoisotopic (exact) mass is 544 g/mol. The fraction of sp³-hybridized carbons (Fsp3) is 0.226. The van der Waals surface area contributed by atoms with Gasteiger partial charge >= 0.3 is 0 Å². The van der Waals surface area contributed by atoms with Crippen molar-refractivity contribution < 1.29 is 22.7 Å². The number of aromatic nitrogens is 1. The first-order valence-corrected chi connectivity index (χ1v) is 14.3. The van der Waals surface area contributed by atoms with Crippen LogP contribution in [0.2, 0.25) is 0 Å². The SMILES string of the molecule is COc1ccc(-c2cccc(C)c2)cc1S(=O)(=O)Cc1cccc(CCCNC(=O)c2cccnc2OC)c1. The molecule has 0 spiro atoms. The summed E-state index contributed by atoms with van der Waals surface area (Å²) >= 11 is 0. The van der Waals surface area contributed by atoms with Gasteiger partial charge in [0.05, 0.1) is 20.0 Å². The number of methoxy groups -OCH3 is 2. The molecule has 0 atom stereocenters. The fourth-order valence-electron chi connectivity index (χ4n) is 4.41. The third-order valence-corrected chi connectivity index (χ3v) is 8.04. The fourth-order valence-corrected chi connectivity index (χ4v) is 5.95. The van der Waals surface area contributed by atoms with E-state index in [2.05, 4.69) is 10.3 Å². The molecule has 0 aliphatic heterocycles. The number of pyridine rings is 1. The van der Waals surface area contributed by atoms with E-state index in [1.807, 2.05) is 61.5 Å². The molecule has 4 aromatic rings. The molecule has 0 aliphatic rings. The number of hydrogen-bond donors (Lipinski definition) is 1. The van der Waals surface area contributed by atoms with Gasteiger partial charge in [-0.05, 0) is 66.3 Å². The van der Waals surface area contributed by atoms with E-state index in [0.717, 1.165) is 22.3 Å². The average molecular weight is 545 g/mol. The number of nitrogens with zero attached hydrogens (tertiary/aromatic N) is 1. The van der Waals surface area contributed by atoms with Crippen LogP contribution in [0.15, 0.2) is 90.0 Å². The Morgan fingerprint density at radius 2 is 1.64 bits per heavy atom. The summed E-state index contributed by atoms with van der Waals surface area (Å²) < 4.78 is 37.6. The van der Waals surface area contributed by atoms with Crippen molar-refractivity contribution in [2.24, 2.45) is 0 Å². The standard InChI is InChI=1S/C31H32N2O5S/c1-22-8-4-12-25(18-22)26-14-15-28(37-2)29(20-26)39(35,36)21-24-10-5-9-23(19-24)11-6-16-32-30(34)27-13-7-17-33-31(27)38-3/h4-5,7-10,12-15,17-20H,6,11,16,21H2,1-3H3,(H,32,34). The van der Waals surface area contributed by atoms with E-state index in [-0.39, 0.29) is 22.4 Å². The van der Waals surface area contributed by atoms with E-state index in [1.165, 1.54) is 14.2 Å². The van der Waals surface area contributed by atoms with Crippen molar-refractivity contribution in [1.82, 2.24) is 10.3 Å². The minimum Gasteiger partial charge on any atom is -0.495 e. The Morgan fingerprint density at radius 1 is 0.872 bits per heavy atom. The van der Waals surface area contributed by atoms with Crippen LogP contribution in [0.4, 0.5) is 0 Å². The molecule has 1 amide bonds. The Kier molecular flexibility index (Phi) is 8.99. The first-order chi connectivity index (χ1) is 18.8. The molecule has 1 N–H and O–H groups in total. The lowest BCUT2D eigenvalue weighted by Crippen LogP contribution is -2.25. The molecular weight excluding hydrogens is 512 g/mol. The minimum absolute atomic E-state index is 0.147. The second kappa shape index (κ2) is 12.6. The summed E-state index contributed by atoms with van der Waals surface area (Å²) in [6.45, 7) is 2.46. The second-order valence-electron chi connectivity index (χ2n) is 9.23. The number of amides is 1. The molecular formula is C31H32N2O5S. The maximum Gasteiger partial charge on any atom is 0.256 e. The van der Waals surface area contributed by atoms with Gasteiger partial charge in [0.15, 0.2) is 9.84 Å². The summed E-state index contributed by atoms with van der Waals surface area (Å²) in [5.41, 5.74) is 4.94. The van der Waals surface area contributed by atoms with Crippen molar-refractivity contribution in [3.05, 3.63) is 107 Å². The highest BCUT2D eigenvalue weighted by Gasteiger charge is 2.22. The molecule has 0 fully saturated rings. The van der Waals surface area contributed by atoms with Gasteiger partial charge in [-0.25, -0.2) is 13.4 Å². The van der Waals surface area contributed by atoms with Crippen LogP contribution in [-0.2, 0) is 22.0 Å². The number of hydrogen-bond acceptors (Lipinski definition) is 6. The molecule has 7 nitrogen and oxygen atoms in total. The number of benzene rings is 3. The van der Waals surface area contributed by atoms with E-state index in [0.29, 0.717) is 36.3 Å². The molecule has 0 unspecified atom stereocenters. The van der Waals surface area contributed by atoms with Crippen LogP contribution in [0.1, 0.15) is 33.5 Å². The van der Waals surface area contributed by atoms with Gasteiger partial charge in [0.25, 0.3) is 5.91 Å². The Morgan fingerprint density at radius 3 is 2.41 bits per heavy atom. The smallest absolute Gasteiger partial charge is 0.256 e. The zero-order chi connectivity index (χ0) is 27.8. The van der Waals surface area contributed by atoms with Gasteiger partial charge in [-0.2, -0.15) is 0 Å². The maximum absolute atomic E-state index is 13.5. The molecule has 0 saturated carbocycles. The van der Waals surface area contributed by atoms with Crippen LogP contribution in [0, 0.1) is 6.92 Å². The van der Waals surface area contributed by atoms with Crippen LogP contribution in [0.25, 0.3) is 11.1 Å². The van der Waals surface area contributed by atoms with Crippen molar-refractivity contribution in [3.63, 3.8) is 0 Å². The van der Waals surface area contributed by atoms with Crippen LogP contribution in [0.3, 0.4) is 0 Å². The molecule has 1 aromatic heterocycles. The van der Waals surface area contributed by atoms with E-state index in [4.69, 9.17) is 9.47 Å². The van der Waals surface area contributed by atoms with Gasteiger partial charge in [0, 0.05) is 12.7 Å². The zero-order valence-corrected chi connectivity index (χ0v) is 23.1. The molecule has 0 radical (unpaired) electrons. The van der Waals surface area contributed by atoms with Gasteiger partial charge in [0.1, 0.15) is 16.2 Å². The highest BCUT2D eigenvalue weighted by Crippen LogP contribution is 2.32. The topological polar surface area (TPSA) is 94.6 Å².